The van der Waals surface area contributed by atoms with E-state index in [-0.39, 0.29) is 23.2 Å². The third-order valence-electron chi connectivity index (χ3n) is 7.43. The summed E-state index contributed by atoms with van der Waals surface area (Å²) in [5.74, 6) is -1.15. The second-order valence-electron chi connectivity index (χ2n) is 8.96. The highest BCUT2D eigenvalue weighted by molar-refractivity contribution is 5.86. The number of carboxylic acids is 1. The van der Waals surface area contributed by atoms with Crippen LogP contribution in [0.3, 0.4) is 0 Å². The van der Waals surface area contributed by atoms with Crippen LogP contribution < -0.4 is 0 Å². The van der Waals surface area contributed by atoms with E-state index >= 15 is 0 Å². The predicted molar refractivity (Wildman–Crippen MR) is 116 cm³/mol. The first kappa shape index (κ1) is 21.5. The highest BCUT2D eigenvalue weighted by Crippen LogP contribution is 2.55. The molecule has 2 unspecified atom stereocenters. The Morgan fingerprint density at radius 1 is 1.06 bits per heavy atom. The van der Waals surface area contributed by atoms with Crippen molar-refractivity contribution < 1.29 is 19.1 Å². The number of amides is 1. The molecule has 1 aliphatic heterocycles. The number of piperidine rings is 1. The van der Waals surface area contributed by atoms with Crippen molar-refractivity contribution in [3.8, 4) is 0 Å². The summed E-state index contributed by atoms with van der Waals surface area (Å²) < 4.78 is 13.3. The van der Waals surface area contributed by atoms with Gasteiger partial charge in [0.1, 0.15) is 5.82 Å². The number of hydrogen-bond donors (Lipinski definition) is 1. The molecule has 0 radical (unpaired) electrons. The normalized spacial score (nSPS) is 25.1. The van der Waals surface area contributed by atoms with Crippen molar-refractivity contribution in [2.24, 2.45) is 5.92 Å². The maximum Gasteiger partial charge on any atom is 0.314 e. The number of rotatable bonds is 6. The van der Waals surface area contributed by atoms with Crippen LogP contribution in [-0.2, 0) is 20.5 Å². The Kier molecular flexibility index (Phi) is 5.60. The minimum atomic E-state index is -0.919. The SMILES string of the molecule is CC(=O)N(C)C1(c2ccccc2)CCN(CC2CC2(C(=O)O)c2ccc(F)cc2)CC1. The zero-order valence-corrected chi connectivity index (χ0v) is 18.1. The Bertz CT molecular complexity index is 954. The Morgan fingerprint density at radius 3 is 2.23 bits per heavy atom. The summed E-state index contributed by atoms with van der Waals surface area (Å²) in [5.41, 5.74) is 0.564. The van der Waals surface area contributed by atoms with E-state index in [1.807, 2.05) is 30.1 Å². The molecule has 2 aliphatic rings. The van der Waals surface area contributed by atoms with Crippen LogP contribution in [0, 0.1) is 11.7 Å². The monoisotopic (exact) mass is 424 g/mol. The average molecular weight is 425 g/mol. The second kappa shape index (κ2) is 8.08. The van der Waals surface area contributed by atoms with E-state index in [0.29, 0.717) is 18.5 Å². The van der Waals surface area contributed by atoms with Gasteiger partial charge in [-0.25, -0.2) is 4.39 Å². The van der Waals surface area contributed by atoms with E-state index < -0.39 is 11.4 Å². The number of halogens is 1. The van der Waals surface area contributed by atoms with Gasteiger partial charge in [-0.05, 0) is 48.4 Å². The fourth-order valence-corrected chi connectivity index (χ4v) is 5.32. The summed E-state index contributed by atoms with van der Waals surface area (Å²) >= 11 is 0. The zero-order valence-electron chi connectivity index (χ0n) is 18.1. The van der Waals surface area contributed by atoms with Gasteiger partial charge in [-0.2, -0.15) is 0 Å². The topological polar surface area (TPSA) is 60.9 Å². The van der Waals surface area contributed by atoms with Gasteiger partial charge in [0.2, 0.25) is 5.91 Å². The van der Waals surface area contributed by atoms with Gasteiger partial charge in [0, 0.05) is 33.6 Å². The van der Waals surface area contributed by atoms with Crippen LogP contribution >= 0.6 is 0 Å². The van der Waals surface area contributed by atoms with Crippen LogP contribution in [0.4, 0.5) is 4.39 Å². The molecule has 0 spiro atoms. The van der Waals surface area contributed by atoms with E-state index in [9.17, 15) is 19.1 Å². The molecule has 4 rings (SSSR count). The molecule has 2 aromatic carbocycles. The van der Waals surface area contributed by atoms with Crippen LogP contribution in [0.25, 0.3) is 0 Å². The van der Waals surface area contributed by atoms with Gasteiger partial charge in [0.05, 0.1) is 11.0 Å². The van der Waals surface area contributed by atoms with Gasteiger partial charge in [-0.3, -0.25) is 9.59 Å². The standard InChI is InChI=1S/C25H29FN2O3/c1-18(29)27(2)24(19-6-4-3-5-7-19)12-14-28(15-13-24)17-21-16-25(21,23(30)31)20-8-10-22(26)11-9-20/h3-11,21H,12-17H2,1-2H3,(H,30,31). The number of carbonyl (C=O) groups excluding carboxylic acids is 1. The number of aliphatic carboxylic acids is 1. The highest BCUT2D eigenvalue weighted by Gasteiger charge is 2.61. The van der Waals surface area contributed by atoms with E-state index in [0.717, 1.165) is 31.5 Å². The summed E-state index contributed by atoms with van der Waals surface area (Å²) in [7, 11) is 1.87. The summed E-state index contributed by atoms with van der Waals surface area (Å²) in [6.45, 7) is 3.88. The van der Waals surface area contributed by atoms with E-state index in [1.165, 1.54) is 12.1 Å². The van der Waals surface area contributed by atoms with Gasteiger partial charge in [-0.15, -0.1) is 0 Å². The van der Waals surface area contributed by atoms with Crippen LogP contribution in [-0.4, -0.2) is 53.5 Å². The quantitative estimate of drug-likeness (QED) is 0.769. The molecule has 6 heteroatoms. The van der Waals surface area contributed by atoms with Gasteiger partial charge in [0.25, 0.3) is 0 Å². The summed E-state index contributed by atoms with van der Waals surface area (Å²) in [6.07, 6.45) is 2.18. The fourth-order valence-electron chi connectivity index (χ4n) is 5.32. The van der Waals surface area contributed by atoms with Crippen molar-refractivity contribution in [3.05, 3.63) is 71.5 Å². The maximum atomic E-state index is 13.3. The van der Waals surface area contributed by atoms with Crippen LogP contribution in [0.15, 0.2) is 54.6 Å². The smallest absolute Gasteiger partial charge is 0.314 e. The Labute approximate surface area is 182 Å². The first-order valence-corrected chi connectivity index (χ1v) is 10.8. The third-order valence-corrected chi connectivity index (χ3v) is 7.43. The lowest BCUT2D eigenvalue weighted by Gasteiger charge is -2.47. The largest absolute Gasteiger partial charge is 0.481 e. The Balaban J connectivity index is 1.48. The molecule has 1 amide bonds. The number of benzene rings is 2. The molecule has 5 nitrogen and oxygen atoms in total. The van der Waals surface area contributed by atoms with Gasteiger partial charge < -0.3 is 14.9 Å². The average Bonchev–Trinajstić information content (AvgIpc) is 3.50. The molecule has 2 aromatic rings. The van der Waals surface area contributed by atoms with E-state index in [2.05, 4.69) is 17.0 Å². The minimum absolute atomic E-state index is 0.00484. The van der Waals surface area contributed by atoms with Crippen molar-refractivity contribution in [1.82, 2.24) is 9.80 Å². The lowest BCUT2D eigenvalue weighted by molar-refractivity contribution is -0.141. The Hall–Kier alpha value is -2.73. The second-order valence-corrected chi connectivity index (χ2v) is 8.96. The number of likely N-dealkylation sites (tertiary alicyclic amines) is 1. The maximum absolute atomic E-state index is 13.3. The summed E-state index contributed by atoms with van der Waals surface area (Å²) in [5, 5.41) is 9.94. The lowest BCUT2D eigenvalue weighted by atomic mass is 9.79. The van der Waals surface area contributed by atoms with Crippen LogP contribution in [0.1, 0.15) is 37.3 Å². The number of carbonyl (C=O) groups is 2. The fraction of sp³-hybridized carbons (Fsp3) is 0.440. The molecular formula is C25H29FN2O3. The van der Waals surface area contributed by atoms with Crippen molar-refractivity contribution in [1.29, 1.82) is 0 Å². The molecule has 164 valence electrons. The van der Waals surface area contributed by atoms with Crippen molar-refractivity contribution >= 4 is 11.9 Å². The molecule has 31 heavy (non-hydrogen) atoms. The van der Waals surface area contributed by atoms with Gasteiger partial charge in [-0.1, -0.05) is 42.5 Å². The predicted octanol–water partition coefficient (Wildman–Crippen LogP) is 3.64. The molecule has 2 atom stereocenters. The molecule has 0 bridgehead atoms. The van der Waals surface area contributed by atoms with Gasteiger partial charge in [0.15, 0.2) is 0 Å². The first-order chi connectivity index (χ1) is 14.8. The van der Waals surface area contributed by atoms with Crippen LogP contribution in [0.2, 0.25) is 0 Å². The molecule has 1 aliphatic carbocycles. The minimum Gasteiger partial charge on any atom is -0.481 e. The molecule has 2 fully saturated rings. The van der Waals surface area contributed by atoms with Crippen molar-refractivity contribution in [2.75, 3.05) is 26.7 Å². The molecule has 1 N–H and O–H groups in total. The first-order valence-electron chi connectivity index (χ1n) is 10.8. The molecule has 0 aromatic heterocycles. The lowest BCUT2D eigenvalue weighted by Crippen LogP contribution is -2.53. The molecular weight excluding hydrogens is 395 g/mol. The zero-order chi connectivity index (χ0) is 22.2. The third kappa shape index (κ3) is 3.74. The number of hydrogen-bond acceptors (Lipinski definition) is 3. The molecule has 1 heterocycles. The summed E-state index contributed by atoms with van der Waals surface area (Å²) in [6, 6.07) is 16.0. The number of carboxylic acid groups (broad SMARTS) is 1. The summed E-state index contributed by atoms with van der Waals surface area (Å²) in [4.78, 5) is 28.5. The van der Waals surface area contributed by atoms with Gasteiger partial charge >= 0.3 is 5.97 Å². The molecule has 1 saturated heterocycles. The van der Waals surface area contributed by atoms with Crippen molar-refractivity contribution in [2.45, 2.75) is 37.1 Å². The van der Waals surface area contributed by atoms with Crippen molar-refractivity contribution in [3.63, 3.8) is 0 Å². The van der Waals surface area contributed by atoms with E-state index in [4.69, 9.17) is 0 Å². The highest BCUT2D eigenvalue weighted by atomic mass is 19.1. The van der Waals surface area contributed by atoms with E-state index in [1.54, 1.807) is 19.1 Å². The number of nitrogens with zero attached hydrogens (tertiary/aromatic N) is 2. The Morgan fingerprint density at radius 2 is 1.68 bits per heavy atom. The van der Waals surface area contributed by atoms with Crippen LogP contribution in [0.5, 0.6) is 0 Å². The molecule has 1 saturated carbocycles.